The molecule has 1 aromatic heterocycles. The normalized spacial score (nSPS) is 13.9. The third-order valence-corrected chi connectivity index (χ3v) is 4.19. The number of thioether (sulfide) groups is 1. The molecule has 0 saturated heterocycles. The zero-order valence-electron chi connectivity index (χ0n) is 16.0. The summed E-state index contributed by atoms with van der Waals surface area (Å²) in [5, 5.41) is 11.1. The zero-order chi connectivity index (χ0) is 19.2. The van der Waals surface area contributed by atoms with E-state index in [1.54, 1.807) is 34.9 Å². The molecule has 8 nitrogen and oxygen atoms in total. The van der Waals surface area contributed by atoms with Crippen LogP contribution in [0.5, 0.6) is 0 Å². The molecule has 0 saturated carbocycles. The first-order valence-corrected chi connectivity index (χ1v) is 9.18. The van der Waals surface area contributed by atoms with Crippen molar-refractivity contribution in [3.63, 3.8) is 0 Å². The number of carbonyl (C=O) groups is 2. The van der Waals surface area contributed by atoms with Crippen molar-refractivity contribution >= 4 is 23.8 Å². The molecule has 1 rings (SSSR count). The van der Waals surface area contributed by atoms with E-state index in [0.29, 0.717) is 11.1 Å². The van der Waals surface area contributed by atoms with E-state index >= 15 is 0 Å². The number of hydrogen-bond donors (Lipinski definition) is 1. The van der Waals surface area contributed by atoms with Crippen LogP contribution in [0, 0.1) is 5.92 Å². The molecule has 0 bridgehead atoms. The summed E-state index contributed by atoms with van der Waals surface area (Å²) in [7, 11) is 3.37. The van der Waals surface area contributed by atoms with Gasteiger partial charge in [-0.2, -0.15) is 0 Å². The summed E-state index contributed by atoms with van der Waals surface area (Å²) in [5.41, 5.74) is -0.591. The highest BCUT2D eigenvalue weighted by Gasteiger charge is 2.28. The topological polar surface area (TPSA) is 97.6 Å². The van der Waals surface area contributed by atoms with Crippen molar-refractivity contribution < 1.29 is 18.7 Å². The van der Waals surface area contributed by atoms with Crippen LogP contribution in [0.2, 0.25) is 0 Å². The highest BCUT2D eigenvalue weighted by atomic mass is 32.2. The number of nitrogens with one attached hydrogen (secondary N) is 1. The van der Waals surface area contributed by atoms with E-state index in [9.17, 15) is 9.59 Å². The Kier molecular flexibility index (Phi) is 7.72. The summed E-state index contributed by atoms with van der Waals surface area (Å²) in [6.07, 6.45) is 0.276. The number of alkyl carbamates (subject to hydrolysis) is 1. The second-order valence-corrected chi connectivity index (χ2v) is 7.92. The van der Waals surface area contributed by atoms with Gasteiger partial charge in [0.1, 0.15) is 11.6 Å². The molecule has 0 aromatic carbocycles. The number of hydrogen-bond acceptors (Lipinski definition) is 7. The fraction of sp³-hybridized carbons (Fsp3) is 0.750. The molecular weight excluding hydrogens is 344 g/mol. The van der Waals surface area contributed by atoms with Crippen LogP contribution in [-0.4, -0.2) is 52.5 Å². The van der Waals surface area contributed by atoms with Gasteiger partial charge in [-0.15, -0.1) is 10.2 Å². The van der Waals surface area contributed by atoms with Gasteiger partial charge in [-0.3, -0.25) is 4.79 Å². The summed E-state index contributed by atoms with van der Waals surface area (Å²) in [5.74, 6) is 0.548. The molecular formula is C16H28N4O4S. The third kappa shape index (κ3) is 7.33. The standard InChI is InChI=1S/C16H28N4O4S/c1-8-10(2)12(17-14(22)24-16(3,4)5)13-18-19-15(23-13)25-9-11(21)20(6)7/h10,12H,8-9H2,1-7H3,(H,17,22). The first kappa shape index (κ1) is 21.3. The van der Waals surface area contributed by atoms with Crippen molar-refractivity contribution in [2.75, 3.05) is 19.8 Å². The van der Waals surface area contributed by atoms with Crippen molar-refractivity contribution in [1.82, 2.24) is 20.4 Å². The molecule has 2 amide bonds. The Morgan fingerprint density at radius 3 is 2.48 bits per heavy atom. The van der Waals surface area contributed by atoms with Gasteiger partial charge in [0.15, 0.2) is 0 Å². The average molecular weight is 372 g/mol. The van der Waals surface area contributed by atoms with Crippen molar-refractivity contribution in [2.45, 2.75) is 57.9 Å². The Balaban J connectivity index is 2.80. The van der Waals surface area contributed by atoms with Gasteiger partial charge in [-0.25, -0.2) is 4.79 Å². The highest BCUT2D eigenvalue weighted by molar-refractivity contribution is 7.99. The molecule has 9 heteroatoms. The Morgan fingerprint density at radius 1 is 1.32 bits per heavy atom. The molecule has 0 aliphatic heterocycles. The van der Waals surface area contributed by atoms with Crippen LogP contribution >= 0.6 is 11.8 Å². The van der Waals surface area contributed by atoms with E-state index in [1.165, 1.54) is 16.7 Å². The monoisotopic (exact) mass is 372 g/mol. The average Bonchev–Trinajstić information content (AvgIpc) is 2.96. The van der Waals surface area contributed by atoms with Gasteiger partial charge in [-0.05, 0) is 26.7 Å². The molecule has 0 aliphatic carbocycles. The van der Waals surface area contributed by atoms with E-state index < -0.39 is 17.7 Å². The predicted molar refractivity (Wildman–Crippen MR) is 95.3 cm³/mol. The largest absolute Gasteiger partial charge is 0.444 e. The van der Waals surface area contributed by atoms with E-state index in [0.717, 1.165) is 6.42 Å². The van der Waals surface area contributed by atoms with Gasteiger partial charge in [0.2, 0.25) is 11.8 Å². The molecule has 0 radical (unpaired) electrons. The number of nitrogens with zero attached hydrogens (tertiary/aromatic N) is 3. The molecule has 1 N–H and O–H groups in total. The Hall–Kier alpha value is -1.77. The molecule has 0 aliphatic rings. The van der Waals surface area contributed by atoms with Crippen LogP contribution in [0.25, 0.3) is 0 Å². The maximum atomic E-state index is 12.1. The molecule has 1 heterocycles. The van der Waals surface area contributed by atoms with E-state index in [4.69, 9.17) is 9.15 Å². The maximum Gasteiger partial charge on any atom is 0.408 e. The fourth-order valence-corrected chi connectivity index (χ4v) is 2.52. The minimum atomic E-state index is -0.591. The Morgan fingerprint density at radius 2 is 1.96 bits per heavy atom. The summed E-state index contributed by atoms with van der Waals surface area (Å²) >= 11 is 1.17. The number of amides is 2. The Bertz CT molecular complexity index is 583. The highest BCUT2D eigenvalue weighted by Crippen LogP contribution is 2.26. The number of aromatic nitrogens is 2. The van der Waals surface area contributed by atoms with Gasteiger partial charge in [-0.1, -0.05) is 32.0 Å². The van der Waals surface area contributed by atoms with Crippen LogP contribution in [0.1, 0.15) is 53.0 Å². The summed E-state index contributed by atoms with van der Waals surface area (Å²) in [6, 6.07) is -0.453. The summed E-state index contributed by atoms with van der Waals surface area (Å²) < 4.78 is 10.9. The fourth-order valence-electron chi connectivity index (χ4n) is 1.77. The first-order chi connectivity index (χ1) is 11.5. The molecule has 1 aromatic rings. The minimum Gasteiger partial charge on any atom is -0.444 e. The molecule has 2 atom stereocenters. The van der Waals surface area contributed by atoms with Crippen LogP contribution in [0.4, 0.5) is 4.79 Å². The van der Waals surface area contributed by atoms with E-state index in [1.807, 2.05) is 13.8 Å². The summed E-state index contributed by atoms with van der Waals surface area (Å²) in [6.45, 7) is 9.39. The van der Waals surface area contributed by atoms with Crippen molar-refractivity contribution in [1.29, 1.82) is 0 Å². The zero-order valence-corrected chi connectivity index (χ0v) is 16.8. The predicted octanol–water partition coefficient (Wildman–Crippen LogP) is 2.86. The van der Waals surface area contributed by atoms with Gasteiger partial charge in [0, 0.05) is 14.1 Å². The quantitative estimate of drug-likeness (QED) is 0.735. The smallest absolute Gasteiger partial charge is 0.408 e. The molecule has 142 valence electrons. The lowest BCUT2D eigenvalue weighted by atomic mass is 9.99. The molecule has 2 unspecified atom stereocenters. The van der Waals surface area contributed by atoms with Crippen LogP contribution in [0.3, 0.4) is 0 Å². The number of rotatable bonds is 7. The number of ether oxygens (including phenoxy) is 1. The lowest BCUT2D eigenvalue weighted by Crippen LogP contribution is -2.37. The van der Waals surface area contributed by atoms with Crippen LogP contribution in [-0.2, 0) is 9.53 Å². The second-order valence-electron chi connectivity index (χ2n) is 6.99. The first-order valence-electron chi connectivity index (χ1n) is 8.19. The maximum absolute atomic E-state index is 12.1. The van der Waals surface area contributed by atoms with Crippen LogP contribution in [0.15, 0.2) is 9.64 Å². The third-order valence-electron chi connectivity index (χ3n) is 3.39. The van der Waals surface area contributed by atoms with Crippen LogP contribution < -0.4 is 5.32 Å². The minimum absolute atomic E-state index is 0.0462. The van der Waals surface area contributed by atoms with Gasteiger partial charge >= 0.3 is 6.09 Å². The van der Waals surface area contributed by atoms with Crippen molar-refractivity contribution in [3.8, 4) is 0 Å². The summed E-state index contributed by atoms with van der Waals surface area (Å²) in [4.78, 5) is 25.2. The van der Waals surface area contributed by atoms with Crippen molar-refractivity contribution in [2.24, 2.45) is 5.92 Å². The molecule has 0 fully saturated rings. The van der Waals surface area contributed by atoms with E-state index in [-0.39, 0.29) is 17.6 Å². The second kappa shape index (κ2) is 9.07. The van der Waals surface area contributed by atoms with Gasteiger partial charge < -0.3 is 19.4 Å². The Labute approximate surface area is 153 Å². The number of carbonyl (C=O) groups excluding carboxylic acids is 2. The van der Waals surface area contributed by atoms with Gasteiger partial charge in [0.05, 0.1) is 5.75 Å². The van der Waals surface area contributed by atoms with Crippen molar-refractivity contribution in [3.05, 3.63) is 5.89 Å². The molecule has 0 spiro atoms. The molecule has 25 heavy (non-hydrogen) atoms. The van der Waals surface area contributed by atoms with E-state index in [2.05, 4.69) is 15.5 Å². The lowest BCUT2D eigenvalue weighted by molar-refractivity contribution is -0.125. The SMILES string of the molecule is CCC(C)C(NC(=O)OC(C)(C)C)c1nnc(SCC(=O)N(C)C)o1. The van der Waals surface area contributed by atoms with Gasteiger partial charge in [0.25, 0.3) is 5.22 Å². The lowest BCUT2D eigenvalue weighted by Gasteiger charge is -2.24.